The van der Waals surface area contributed by atoms with Gasteiger partial charge in [-0.05, 0) is 28.1 Å². The van der Waals surface area contributed by atoms with E-state index in [1.807, 2.05) is 19.0 Å². The van der Waals surface area contributed by atoms with E-state index in [0.717, 1.165) is 26.9 Å². The van der Waals surface area contributed by atoms with E-state index in [4.69, 9.17) is 4.74 Å². The van der Waals surface area contributed by atoms with Crippen LogP contribution in [0.25, 0.3) is 0 Å². The van der Waals surface area contributed by atoms with Gasteiger partial charge in [-0.1, -0.05) is 11.3 Å². The Morgan fingerprint density at radius 3 is 2.68 bits per heavy atom. The molecule has 1 N–H and O–H groups in total. The Bertz CT molecular complexity index is 539. The summed E-state index contributed by atoms with van der Waals surface area (Å²) in [5.74, 6) is 0.716. The molecule has 0 unspecified atom stereocenters. The number of aromatic nitrogens is 1. The van der Waals surface area contributed by atoms with E-state index in [9.17, 15) is 0 Å². The molecule has 7 heteroatoms. The van der Waals surface area contributed by atoms with Crippen LogP contribution in [0.4, 0.5) is 5.13 Å². The van der Waals surface area contributed by atoms with Crippen LogP contribution in [0, 0.1) is 0 Å². The maximum Gasteiger partial charge on any atom is 0.230 e. The third-order valence-electron chi connectivity index (χ3n) is 2.44. The fraction of sp³-hybridized carbons (Fsp3) is 0.417. The fourth-order valence-corrected chi connectivity index (χ4v) is 3.91. The van der Waals surface area contributed by atoms with Gasteiger partial charge in [-0.15, -0.1) is 11.3 Å². The van der Waals surface area contributed by atoms with Crippen LogP contribution in [0.2, 0.25) is 0 Å². The second kappa shape index (κ2) is 6.69. The summed E-state index contributed by atoms with van der Waals surface area (Å²) in [6.45, 7) is 1.62. The highest BCUT2D eigenvalue weighted by Gasteiger charge is 2.12. The normalized spacial score (nSPS) is 10.7. The molecular weight excluding hydrogens is 346 g/mol. The Morgan fingerprint density at radius 1 is 1.32 bits per heavy atom. The predicted octanol–water partition coefficient (Wildman–Crippen LogP) is 3.33. The van der Waals surface area contributed by atoms with Crippen LogP contribution in [0.5, 0.6) is 5.88 Å². The number of methoxy groups -OCH3 is 1. The first-order chi connectivity index (χ1) is 9.10. The SMILES string of the molecule is COc1nc(N(C)C)sc1CNCc1ccc(Br)s1. The number of anilines is 1. The van der Waals surface area contributed by atoms with Gasteiger partial charge in [0, 0.05) is 32.1 Å². The van der Waals surface area contributed by atoms with Crippen LogP contribution >= 0.6 is 38.6 Å². The van der Waals surface area contributed by atoms with Crippen LogP contribution < -0.4 is 15.0 Å². The van der Waals surface area contributed by atoms with Crippen molar-refractivity contribution in [1.29, 1.82) is 0 Å². The number of nitrogens with zero attached hydrogens (tertiary/aromatic N) is 2. The topological polar surface area (TPSA) is 37.4 Å². The number of thiophene rings is 1. The van der Waals surface area contributed by atoms with Gasteiger partial charge in [0.1, 0.15) is 0 Å². The van der Waals surface area contributed by atoms with Crippen molar-refractivity contribution in [2.45, 2.75) is 13.1 Å². The summed E-state index contributed by atoms with van der Waals surface area (Å²) in [5, 5.41) is 4.39. The molecule has 0 spiro atoms. The van der Waals surface area contributed by atoms with Gasteiger partial charge in [-0.3, -0.25) is 0 Å². The molecule has 0 radical (unpaired) electrons. The lowest BCUT2D eigenvalue weighted by Gasteiger charge is -2.05. The minimum absolute atomic E-state index is 0.716. The minimum atomic E-state index is 0.716. The molecule has 2 heterocycles. The molecule has 0 amide bonds. The molecule has 2 aromatic heterocycles. The van der Waals surface area contributed by atoms with Gasteiger partial charge in [0.05, 0.1) is 15.8 Å². The molecule has 2 aromatic rings. The van der Waals surface area contributed by atoms with Crippen molar-refractivity contribution in [3.63, 3.8) is 0 Å². The second-order valence-corrected chi connectivity index (χ2v) is 7.74. The monoisotopic (exact) mass is 361 g/mol. The fourth-order valence-electron chi connectivity index (χ4n) is 1.53. The van der Waals surface area contributed by atoms with Gasteiger partial charge in [-0.25, -0.2) is 0 Å². The van der Waals surface area contributed by atoms with Crippen molar-refractivity contribution < 1.29 is 4.74 Å². The van der Waals surface area contributed by atoms with Gasteiger partial charge < -0.3 is 15.0 Å². The van der Waals surface area contributed by atoms with Crippen molar-refractivity contribution in [3.8, 4) is 5.88 Å². The first-order valence-electron chi connectivity index (χ1n) is 5.76. The summed E-state index contributed by atoms with van der Waals surface area (Å²) in [6, 6.07) is 4.19. The molecule has 0 saturated heterocycles. The lowest BCUT2D eigenvalue weighted by Crippen LogP contribution is -2.11. The quantitative estimate of drug-likeness (QED) is 0.855. The highest BCUT2D eigenvalue weighted by atomic mass is 79.9. The number of nitrogens with one attached hydrogen (secondary N) is 1. The Kier molecular flexibility index (Phi) is 5.20. The molecule has 0 saturated carbocycles. The Morgan fingerprint density at radius 2 is 2.11 bits per heavy atom. The lowest BCUT2D eigenvalue weighted by atomic mass is 10.4. The van der Waals surface area contributed by atoms with Crippen molar-refractivity contribution >= 4 is 43.7 Å². The van der Waals surface area contributed by atoms with E-state index in [1.54, 1.807) is 29.8 Å². The standard InChI is InChI=1S/C12H16BrN3OS2/c1-16(2)12-15-11(17-3)9(19-12)7-14-6-8-4-5-10(13)18-8/h4-5,14H,6-7H2,1-3H3. The lowest BCUT2D eigenvalue weighted by molar-refractivity contribution is 0.395. The van der Waals surface area contributed by atoms with Gasteiger partial charge in [0.15, 0.2) is 5.13 Å². The summed E-state index contributed by atoms with van der Waals surface area (Å²) in [6.07, 6.45) is 0. The third-order valence-corrected chi connectivity index (χ3v) is 5.27. The van der Waals surface area contributed by atoms with Crippen LogP contribution in [0.15, 0.2) is 15.9 Å². The van der Waals surface area contributed by atoms with Crippen molar-refractivity contribution in [2.75, 3.05) is 26.1 Å². The highest BCUT2D eigenvalue weighted by Crippen LogP contribution is 2.30. The first-order valence-corrected chi connectivity index (χ1v) is 8.18. The zero-order chi connectivity index (χ0) is 13.8. The van der Waals surface area contributed by atoms with E-state index >= 15 is 0 Å². The minimum Gasteiger partial charge on any atom is -0.480 e. The van der Waals surface area contributed by atoms with E-state index < -0.39 is 0 Å². The van der Waals surface area contributed by atoms with Crippen LogP contribution in [0.3, 0.4) is 0 Å². The summed E-state index contributed by atoms with van der Waals surface area (Å²) in [7, 11) is 5.63. The van der Waals surface area contributed by atoms with E-state index in [0.29, 0.717) is 5.88 Å². The summed E-state index contributed by atoms with van der Waals surface area (Å²) < 4.78 is 6.47. The molecule has 0 fully saturated rings. The molecule has 2 rings (SSSR count). The molecule has 0 aromatic carbocycles. The molecule has 0 aliphatic heterocycles. The molecule has 0 aliphatic rings. The molecule has 19 heavy (non-hydrogen) atoms. The Balaban J connectivity index is 1.95. The van der Waals surface area contributed by atoms with Gasteiger partial charge in [-0.2, -0.15) is 4.98 Å². The molecule has 4 nitrogen and oxygen atoms in total. The molecule has 0 bridgehead atoms. The van der Waals surface area contributed by atoms with E-state index in [-0.39, 0.29) is 0 Å². The van der Waals surface area contributed by atoms with Crippen molar-refractivity contribution in [1.82, 2.24) is 10.3 Å². The number of halogens is 1. The van der Waals surface area contributed by atoms with Crippen LogP contribution in [0.1, 0.15) is 9.75 Å². The Hall–Kier alpha value is -0.630. The smallest absolute Gasteiger partial charge is 0.230 e. The average molecular weight is 362 g/mol. The molecule has 104 valence electrons. The first kappa shape index (κ1) is 14.8. The van der Waals surface area contributed by atoms with Crippen LogP contribution in [-0.2, 0) is 13.1 Å². The van der Waals surface area contributed by atoms with Crippen LogP contribution in [-0.4, -0.2) is 26.2 Å². The molecular formula is C12H16BrN3OS2. The van der Waals surface area contributed by atoms with Crippen molar-refractivity contribution in [2.24, 2.45) is 0 Å². The number of hydrogen-bond acceptors (Lipinski definition) is 6. The molecule has 0 aliphatic carbocycles. The maximum absolute atomic E-state index is 5.31. The highest BCUT2D eigenvalue weighted by molar-refractivity contribution is 9.11. The predicted molar refractivity (Wildman–Crippen MR) is 85.6 cm³/mol. The van der Waals surface area contributed by atoms with Gasteiger partial charge >= 0.3 is 0 Å². The van der Waals surface area contributed by atoms with Crippen molar-refractivity contribution in [3.05, 3.63) is 25.7 Å². The number of rotatable bonds is 6. The zero-order valence-corrected chi connectivity index (χ0v) is 14.3. The number of hydrogen-bond donors (Lipinski definition) is 1. The third kappa shape index (κ3) is 3.92. The van der Waals surface area contributed by atoms with E-state index in [1.165, 1.54) is 4.88 Å². The van der Waals surface area contributed by atoms with Gasteiger partial charge in [0.25, 0.3) is 0 Å². The number of thiazole rings is 1. The van der Waals surface area contributed by atoms with E-state index in [2.05, 4.69) is 38.4 Å². The molecule has 0 atom stereocenters. The maximum atomic E-state index is 5.31. The Labute approximate surface area is 129 Å². The second-order valence-electron chi connectivity index (χ2n) is 4.13. The van der Waals surface area contributed by atoms with Gasteiger partial charge in [0.2, 0.25) is 5.88 Å². The summed E-state index contributed by atoms with van der Waals surface area (Å²) >= 11 is 6.87. The zero-order valence-electron chi connectivity index (χ0n) is 11.1. The average Bonchev–Trinajstić information content (AvgIpc) is 2.96. The summed E-state index contributed by atoms with van der Waals surface area (Å²) in [5.41, 5.74) is 0. The largest absolute Gasteiger partial charge is 0.480 e. The number of ether oxygens (including phenoxy) is 1. The summed E-state index contributed by atoms with van der Waals surface area (Å²) in [4.78, 5) is 8.86.